The van der Waals surface area contributed by atoms with Crippen LogP contribution in [0.3, 0.4) is 0 Å². The topological polar surface area (TPSA) is 73.1 Å². The predicted octanol–water partition coefficient (Wildman–Crippen LogP) is 3.62. The normalized spacial score (nSPS) is 10.8. The summed E-state index contributed by atoms with van der Waals surface area (Å²) in [6, 6.07) is 1.74. The number of anilines is 1. The van der Waals surface area contributed by atoms with Crippen LogP contribution in [0.4, 0.5) is 5.82 Å². The molecule has 0 unspecified atom stereocenters. The Morgan fingerprint density at radius 1 is 1.15 bits per heavy atom. The highest BCUT2D eigenvalue weighted by Crippen LogP contribution is 2.18. The summed E-state index contributed by atoms with van der Waals surface area (Å²) in [4.78, 5) is 8.70. The lowest BCUT2D eigenvalue weighted by atomic mass is 10.1. The molecule has 5 nitrogen and oxygen atoms in total. The van der Waals surface area contributed by atoms with Crippen molar-refractivity contribution in [2.45, 2.75) is 65.2 Å². The molecule has 0 radical (unpaired) electrons. The van der Waals surface area contributed by atoms with Crippen LogP contribution in [-0.2, 0) is 0 Å². The third-order valence-corrected chi connectivity index (χ3v) is 3.13. The molecule has 5 heteroatoms. The van der Waals surface area contributed by atoms with E-state index in [2.05, 4.69) is 22.3 Å². The maximum absolute atomic E-state index is 5.70. The van der Waals surface area contributed by atoms with Gasteiger partial charge < -0.3 is 10.2 Å². The Labute approximate surface area is 122 Å². The van der Waals surface area contributed by atoms with Crippen LogP contribution in [0, 0.1) is 0 Å². The van der Waals surface area contributed by atoms with Crippen molar-refractivity contribution >= 4 is 5.82 Å². The Bertz CT molecular complexity index is 382. The van der Waals surface area contributed by atoms with E-state index in [-0.39, 0.29) is 5.92 Å². The number of hydrazine groups is 1. The van der Waals surface area contributed by atoms with Crippen molar-refractivity contribution in [2.75, 3.05) is 12.0 Å². The average molecular weight is 280 g/mol. The summed E-state index contributed by atoms with van der Waals surface area (Å²) < 4.78 is 5.70. The second-order valence-corrected chi connectivity index (χ2v) is 5.36. The van der Waals surface area contributed by atoms with E-state index < -0.39 is 0 Å². The van der Waals surface area contributed by atoms with Crippen LogP contribution >= 0.6 is 0 Å². The zero-order valence-corrected chi connectivity index (χ0v) is 13.0. The number of aromatic nitrogens is 2. The van der Waals surface area contributed by atoms with Crippen molar-refractivity contribution in [3.05, 3.63) is 11.9 Å². The smallest absolute Gasteiger partial charge is 0.218 e. The monoisotopic (exact) mass is 280 g/mol. The van der Waals surface area contributed by atoms with Gasteiger partial charge in [0.25, 0.3) is 0 Å². The minimum absolute atomic E-state index is 0.250. The van der Waals surface area contributed by atoms with Gasteiger partial charge in [0, 0.05) is 12.0 Å². The number of nitrogens with one attached hydrogen (secondary N) is 1. The Kier molecular flexibility index (Phi) is 7.95. The Morgan fingerprint density at radius 3 is 2.50 bits per heavy atom. The van der Waals surface area contributed by atoms with E-state index in [0.29, 0.717) is 18.3 Å². The first-order chi connectivity index (χ1) is 9.67. The second-order valence-electron chi connectivity index (χ2n) is 5.36. The maximum Gasteiger partial charge on any atom is 0.218 e. The second kappa shape index (κ2) is 9.53. The van der Waals surface area contributed by atoms with E-state index in [4.69, 9.17) is 10.6 Å². The van der Waals surface area contributed by atoms with E-state index in [9.17, 15) is 0 Å². The molecule has 20 heavy (non-hydrogen) atoms. The number of nitrogens with zero attached hydrogens (tertiary/aromatic N) is 2. The van der Waals surface area contributed by atoms with Crippen LogP contribution in [-0.4, -0.2) is 16.6 Å². The van der Waals surface area contributed by atoms with Gasteiger partial charge in [-0.3, -0.25) is 0 Å². The van der Waals surface area contributed by atoms with Gasteiger partial charge in [-0.25, -0.2) is 10.8 Å². The molecule has 0 saturated heterocycles. The number of ether oxygens (including phenoxy) is 1. The van der Waals surface area contributed by atoms with Crippen LogP contribution in [0.5, 0.6) is 5.88 Å². The Balaban J connectivity index is 2.37. The lowest BCUT2D eigenvalue weighted by Gasteiger charge is -2.10. The molecule has 0 saturated carbocycles. The largest absolute Gasteiger partial charge is 0.478 e. The van der Waals surface area contributed by atoms with E-state index in [1.54, 1.807) is 6.07 Å². The van der Waals surface area contributed by atoms with Gasteiger partial charge >= 0.3 is 0 Å². The molecule has 0 spiro atoms. The lowest BCUT2D eigenvalue weighted by Crippen LogP contribution is -2.12. The predicted molar refractivity (Wildman–Crippen MR) is 82.8 cm³/mol. The molecule has 1 aromatic heterocycles. The molecule has 0 atom stereocenters. The molecule has 0 bridgehead atoms. The van der Waals surface area contributed by atoms with Gasteiger partial charge in [-0.2, -0.15) is 4.98 Å². The van der Waals surface area contributed by atoms with Crippen molar-refractivity contribution in [1.29, 1.82) is 0 Å². The van der Waals surface area contributed by atoms with Gasteiger partial charge in [-0.1, -0.05) is 52.9 Å². The highest BCUT2D eigenvalue weighted by Gasteiger charge is 2.08. The molecule has 114 valence electrons. The minimum Gasteiger partial charge on any atom is -0.478 e. The van der Waals surface area contributed by atoms with Crippen molar-refractivity contribution in [1.82, 2.24) is 9.97 Å². The first-order valence-corrected chi connectivity index (χ1v) is 7.65. The van der Waals surface area contributed by atoms with Crippen LogP contribution in [0.2, 0.25) is 0 Å². The van der Waals surface area contributed by atoms with E-state index >= 15 is 0 Å². The van der Waals surface area contributed by atoms with Crippen LogP contribution in [0.1, 0.15) is 71.0 Å². The van der Waals surface area contributed by atoms with Gasteiger partial charge in [0.1, 0.15) is 11.6 Å². The molecular weight excluding hydrogens is 252 g/mol. The summed E-state index contributed by atoms with van der Waals surface area (Å²) in [5.41, 5.74) is 2.56. The molecule has 1 heterocycles. The summed E-state index contributed by atoms with van der Waals surface area (Å²) in [6.45, 7) is 7.03. The maximum atomic E-state index is 5.70. The van der Waals surface area contributed by atoms with Gasteiger partial charge in [0.15, 0.2) is 0 Å². The number of nitrogen functional groups attached to an aromatic ring is 1. The molecule has 0 aliphatic carbocycles. The summed E-state index contributed by atoms with van der Waals surface area (Å²) in [5.74, 6) is 7.61. The number of hydrogen-bond acceptors (Lipinski definition) is 5. The number of nitrogens with two attached hydrogens (primary N) is 1. The molecule has 1 aromatic rings. The quantitative estimate of drug-likeness (QED) is 0.389. The third kappa shape index (κ3) is 6.19. The fourth-order valence-corrected chi connectivity index (χ4v) is 1.91. The first-order valence-electron chi connectivity index (χ1n) is 7.65. The molecular formula is C15H28N4O. The van der Waals surface area contributed by atoms with E-state index in [1.165, 1.54) is 32.1 Å². The highest BCUT2D eigenvalue weighted by molar-refractivity contribution is 5.37. The summed E-state index contributed by atoms with van der Waals surface area (Å²) >= 11 is 0. The summed E-state index contributed by atoms with van der Waals surface area (Å²) in [5, 5.41) is 0. The zero-order chi connectivity index (χ0) is 14.8. The number of hydrogen-bond donors (Lipinski definition) is 2. The molecule has 0 aliphatic heterocycles. The van der Waals surface area contributed by atoms with Crippen LogP contribution in [0.15, 0.2) is 6.07 Å². The summed E-state index contributed by atoms with van der Waals surface area (Å²) in [6.07, 6.45) is 7.50. The van der Waals surface area contributed by atoms with Crippen molar-refractivity contribution in [2.24, 2.45) is 5.84 Å². The SMILES string of the molecule is CCCCCCCCOc1cc(NN)nc(C(C)C)n1. The Hall–Kier alpha value is -1.36. The number of unbranched alkanes of at least 4 members (excludes halogenated alkanes) is 5. The van der Waals surface area contributed by atoms with Crippen LogP contribution < -0.4 is 16.0 Å². The first kappa shape index (κ1) is 16.7. The van der Waals surface area contributed by atoms with E-state index in [1.807, 2.05) is 13.8 Å². The molecule has 0 fully saturated rings. The standard InChI is InChI=1S/C15H28N4O/c1-4-5-6-7-8-9-10-20-14-11-13(19-16)17-15(18-14)12(2)3/h11-12H,4-10,16H2,1-3H3,(H,17,18,19). The van der Waals surface area contributed by atoms with Gasteiger partial charge in [0.05, 0.1) is 6.61 Å². The minimum atomic E-state index is 0.250. The molecule has 1 rings (SSSR count). The summed E-state index contributed by atoms with van der Waals surface area (Å²) in [7, 11) is 0. The van der Waals surface area contributed by atoms with Crippen molar-refractivity contribution in [3.63, 3.8) is 0 Å². The third-order valence-electron chi connectivity index (χ3n) is 3.13. The Morgan fingerprint density at radius 2 is 1.85 bits per heavy atom. The lowest BCUT2D eigenvalue weighted by molar-refractivity contribution is 0.291. The zero-order valence-electron chi connectivity index (χ0n) is 13.0. The average Bonchev–Trinajstić information content (AvgIpc) is 2.46. The van der Waals surface area contributed by atoms with Crippen molar-refractivity contribution < 1.29 is 4.74 Å². The molecule has 0 amide bonds. The van der Waals surface area contributed by atoms with Gasteiger partial charge in [-0.05, 0) is 6.42 Å². The fourth-order valence-electron chi connectivity index (χ4n) is 1.91. The van der Waals surface area contributed by atoms with Gasteiger partial charge in [-0.15, -0.1) is 0 Å². The molecule has 0 aromatic carbocycles. The number of rotatable bonds is 10. The molecule has 3 N–H and O–H groups in total. The van der Waals surface area contributed by atoms with E-state index in [0.717, 1.165) is 12.2 Å². The molecule has 0 aliphatic rings. The van der Waals surface area contributed by atoms with Gasteiger partial charge in [0.2, 0.25) is 5.88 Å². The highest BCUT2D eigenvalue weighted by atomic mass is 16.5. The van der Waals surface area contributed by atoms with Crippen LogP contribution in [0.25, 0.3) is 0 Å². The van der Waals surface area contributed by atoms with Crippen molar-refractivity contribution in [3.8, 4) is 5.88 Å². The fraction of sp³-hybridized carbons (Fsp3) is 0.733.